The molecular formula is C12H19NO4. The van der Waals surface area contributed by atoms with Crippen molar-refractivity contribution in [1.82, 2.24) is 4.90 Å². The summed E-state index contributed by atoms with van der Waals surface area (Å²) < 4.78 is 0. The topological polar surface area (TPSA) is 74.7 Å². The number of amides is 2. The van der Waals surface area contributed by atoms with Crippen molar-refractivity contribution in [2.75, 3.05) is 0 Å². The van der Waals surface area contributed by atoms with Crippen molar-refractivity contribution in [2.45, 2.75) is 46.1 Å². The summed E-state index contributed by atoms with van der Waals surface area (Å²) in [6.07, 6.45) is 0.381. The Morgan fingerprint density at radius 1 is 1.53 bits per heavy atom. The van der Waals surface area contributed by atoms with Gasteiger partial charge in [-0.05, 0) is 19.3 Å². The molecule has 1 rings (SSSR count). The number of nitrogens with zero attached hydrogens (tertiary/aromatic N) is 1. The van der Waals surface area contributed by atoms with Gasteiger partial charge in [-0.15, -0.1) is 0 Å². The van der Waals surface area contributed by atoms with Gasteiger partial charge in [-0.1, -0.05) is 20.8 Å². The second kappa shape index (κ2) is 4.47. The van der Waals surface area contributed by atoms with Crippen molar-refractivity contribution < 1.29 is 19.5 Å². The Labute approximate surface area is 101 Å². The second-order valence-corrected chi connectivity index (χ2v) is 5.35. The van der Waals surface area contributed by atoms with E-state index in [1.807, 2.05) is 13.8 Å². The van der Waals surface area contributed by atoms with Crippen LogP contribution in [-0.2, 0) is 14.4 Å². The first kappa shape index (κ1) is 13.7. The monoisotopic (exact) mass is 241 g/mol. The molecule has 0 aliphatic carbocycles. The predicted molar refractivity (Wildman–Crippen MR) is 61.1 cm³/mol. The molecule has 0 aromatic heterocycles. The molecule has 0 radical (unpaired) electrons. The molecule has 17 heavy (non-hydrogen) atoms. The summed E-state index contributed by atoms with van der Waals surface area (Å²) in [5, 5.41) is 9.32. The van der Waals surface area contributed by atoms with E-state index in [9.17, 15) is 19.5 Å². The molecule has 1 fully saturated rings. The third kappa shape index (κ3) is 2.33. The zero-order valence-electron chi connectivity index (χ0n) is 10.7. The molecular weight excluding hydrogens is 222 g/mol. The molecule has 1 heterocycles. The van der Waals surface area contributed by atoms with Gasteiger partial charge >= 0.3 is 5.97 Å². The first-order valence-corrected chi connectivity index (χ1v) is 5.80. The Balaban J connectivity index is 3.11. The maximum absolute atomic E-state index is 11.9. The van der Waals surface area contributed by atoms with Gasteiger partial charge in [0, 0.05) is 12.3 Å². The molecule has 1 saturated heterocycles. The van der Waals surface area contributed by atoms with Crippen LogP contribution in [0.15, 0.2) is 0 Å². The first-order valence-electron chi connectivity index (χ1n) is 5.80. The van der Waals surface area contributed by atoms with Gasteiger partial charge < -0.3 is 5.11 Å². The molecule has 96 valence electrons. The number of hydrogen-bond acceptors (Lipinski definition) is 3. The minimum Gasteiger partial charge on any atom is -0.479 e. The molecule has 5 nitrogen and oxygen atoms in total. The van der Waals surface area contributed by atoms with Crippen LogP contribution in [0.4, 0.5) is 0 Å². The lowest BCUT2D eigenvalue weighted by molar-refractivity contribution is -0.163. The summed E-state index contributed by atoms with van der Waals surface area (Å²) in [7, 11) is 0. The average molecular weight is 241 g/mol. The van der Waals surface area contributed by atoms with E-state index in [-0.39, 0.29) is 30.6 Å². The third-order valence-corrected chi connectivity index (χ3v) is 3.13. The number of carbonyl (C=O) groups is 3. The lowest BCUT2D eigenvalue weighted by Gasteiger charge is -2.34. The number of carboxylic acid groups (broad SMARTS) is 1. The van der Waals surface area contributed by atoms with E-state index in [0.29, 0.717) is 0 Å². The van der Waals surface area contributed by atoms with Gasteiger partial charge in [0.1, 0.15) is 5.54 Å². The smallest absolute Gasteiger partial charge is 0.329 e. The highest BCUT2D eigenvalue weighted by Crippen LogP contribution is 2.32. The summed E-state index contributed by atoms with van der Waals surface area (Å²) in [6, 6.07) is 0. The highest BCUT2D eigenvalue weighted by atomic mass is 16.4. The minimum atomic E-state index is -1.42. The molecule has 1 aliphatic heterocycles. The number of imide groups is 1. The highest BCUT2D eigenvalue weighted by molar-refractivity contribution is 6.07. The first-order chi connectivity index (χ1) is 7.70. The average Bonchev–Trinajstić information content (AvgIpc) is 2.39. The Kier molecular flexibility index (Phi) is 3.59. The molecule has 2 atom stereocenters. The van der Waals surface area contributed by atoms with E-state index in [1.165, 1.54) is 6.92 Å². The second-order valence-electron chi connectivity index (χ2n) is 5.35. The predicted octanol–water partition coefficient (Wildman–Crippen LogP) is 1.27. The number of hydrogen-bond donors (Lipinski definition) is 1. The van der Waals surface area contributed by atoms with Crippen molar-refractivity contribution in [3.8, 4) is 0 Å². The van der Waals surface area contributed by atoms with Gasteiger partial charge in [-0.25, -0.2) is 4.79 Å². The van der Waals surface area contributed by atoms with E-state index in [4.69, 9.17) is 0 Å². The van der Waals surface area contributed by atoms with Crippen molar-refractivity contribution in [3.05, 3.63) is 0 Å². The Hall–Kier alpha value is -1.39. The SMILES string of the molecule is CC(C)CC(C)(C(=O)O)N1C(=O)CC(C)C1=O. The van der Waals surface area contributed by atoms with Crippen LogP contribution in [0.1, 0.15) is 40.5 Å². The molecule has 1 N–H and O–H groups in total. The third-order valence-electron chi connectivity index (χ3n) is 3.13. The zero-order chi connectivity index (χ0) is 13.4. The van der Waals surface area contributed by atoms with Crippen molar-refractivity contribution in [2.24, 2.45) is 11.8 Å². The van der Waals surface area contributed by atoms with Gasteiger partial charge in [0.15, 0.2) is 0 Å². The van der Waals surface area contributed by atoms with Gasteiger partial charge in [0.25, 0.3) is 0 Å². The molecule has 0 bridgehead atoms. The fourth-order valence-electron chi connectivity index (χ4n) is 2.37. The fourth-order valence-corrected chi connectivity index (χ4v) is 2.37. The molecule has 0 saturated carbocycles. The summed E-state index contributed by atoms with van der Waals surface area (Å²) in [5.74, 6) is -2.20. The van der Waals surface area contributed by atoms with Crippen LogP contribution in [0, 0.1) is 11.8 Å². The highest BCUT2D eigenvalue weighted by Gasteiger charge is 2.50. The molecule has 0 aromatic carbocycles. The van der Waals surface area contributed by atoms with Gasteiger partial charge in [-0.2, -0.15) is 0 Å². The van der Waals surface area contributed by atoms with E-state index in [0.717, 1.165) is 4.90 Å². The number of carbonyl (C=O) groups excluding carboxylic acids is 2. The Morgan fingerprint density at radius 3 is 2.35 bits per heavy atom. The zero-order valence-corrected chi connectivity index (χ0v) is 10.7. The van der Waals surface area contributed by atoms with E-state index in [1.54, 1.807) is 6.92 Å². The van der Waals surface area contributed by atoms with Crippen molar-refractivity contribution in [3.63, 3.8) is 0 Å². The summed E-state index contributed by atoms with van der Waals surface area (Å²) in [4.78, 5) is 36.0. The number of aliphatic carboxylic acids is 1. The minimum absolute atomic E-state index is 0.0904. The Bertz CT molecular complexity index is 364. The molecule has 0 spiro atoms. The van der Waals surface area contributed by atoms with Gasteiger partial charge in [0.2, 0.25) is 11.8 Å². The van der Waals surface area contributed by atoms with Crippen molar-refractivity contribution in [1.29, 1.82) is 0 Å². The molecule has 2 unspecified atom stereocenters. The fraction of sp³-hybridized carbons (Fsp3) is 0.750. The quantitative estimate of drug-likeness (QED) is 0.752. The van der Waals surface area contributed by atoms with Gasteiger partial charge in [-0.3, -0.25) is 14.5 Å². The molecule has 1 aliphatic rings. The lowest BCUT2D eigenvalue weighted by Crippen LogP contribution is -2.55. The number of rotatable bonds is 4. The standard InChI is InChI=1S/C12H19NO4/c1-7(2)6-12(4,11(16)17)13-9(14)5-8(3)10(13)15/h7-8H,5-6H2,1-4H3,(H,16,17). The summed E-state index contributed by atoms with van der Waals surface area (Å²) in [6.45, 7) is 6.84. The van der Waals surface area contributed by atoms with Crippen LogP contribution in [0.3, 0.4) is 0 Å². The Morgan fingerprint density at radius 2 is 2.06 bits per heavy atom. The summed E-state index contributed by atoms with van der Waals surface area (Å²) >= 11 is 0. The molecule has 0 aromatic rings. The van der Waals surface area contributed by atoms with Gasteiger partial charge in [0.05, 0.1) is 0 Å². The van der Waals surface area contributed by atoms with E-state index in [2.05, 4.69) is 0 Å². The van der Waals surface area contributed by atoms with Crippen LogP contribution in [-0.4, -0.2) is 33.3 Å². The maximum atomic E-state index is 11.9. The van der Waals surface area contributed by atoms with Crippen molar-refractivity contribution >= 4 is 17.8 Å². The largest absolute Gasteiger partial charge is 0.479 e. The van der Waals surface area contributed by atoms with E-state index < -0.39 is 17.4 Å². The van der Waals surface area contributed by atoms with Crippen LogP contribution in [0.2, 0.25) is 0 Å². The summed E-state index contributed by atoms with van der Waals surface area (Å²) in [5.41, 5.74) is -1.42. The number of likely N-dealkylation sites (tertiary alicyclic amines) is 1. The lowest BCUT2D eigenvalue weighted by atomic mass is 9.89. The molecule has 5 heteroatoms. The number of carboxylic acids is 1. The van der Waals surface area contributed by atoms with Crippen LogP contribution >= 0.6 is 0 Å². The maximum Gasteiger partial charge on any atom is 0.329 e. The normalized spacial score (nSPS) is 24.3. The van der Waals surface area contributed by atoms with E-state index >= 15 is 0 Å². The van der Waals surface area contributed by atoms with Crippen LogP contribution in [0.25, 0.3) is 0 Å². The van der Waals surface area contributed by atoms with Crippen LogP contribution in [0.5, 0.6) is 0 Å². The van der Waals surface area contributed by atoms with Crippen LogP contribution < -0.4 is 0 Å². The molecule has 2 amide bonds.